The smallest absolute Gasteiger partial charge is 0.257 e. The normalized spacial score (nSPS) is 18.1. The first-order valence-corrected chi connectivity index (χ1v) is 10.6. The first-order valence-electron chi connectivity index (χ1n) is 8.84. The number of nitrogens with zero attached hydrogens (tertiary/aromatic N) is 3. The van der Waals surface area contributed by atoms with Gasteiger partial charge in [0.2, 0.25) is 0 Å². The van der Waals surface area contributed by atoms with Crippen molar-refractivity contribution in [1.82, 2.24) is 9.91 Å². The van der Waals surface area contributed by atoms with Gasteiger partial charge in [-0.1, -0.05) is 12.1 Å². The Labute approximate surface area is 166 Å². The predicted octanol–water partition coefficient (Wildman–Crippen LogP) is 4.77. The number of hydrogen-bond acceptors (Lipinski definition) is 6. The first kappa shape index (κ1) is 18.2. The number of hydrogen-bond donors (Lipinski definition) is 0. The molecule has 3 aromatic rings. The maximum Gasteiger partial charge on any atom is 0.257 e. The van der Waals surface area contributed by atoms with E-state index in [9.17, 15) is 4.79 Å². The lowest BCUT2D eigenvalue weighted by molar-refractivity contribution is -0.134. The predicted molar refractivity (Wildman–Crippen MR) is 109 cm³/mol. The fraction of sp³-hybridized carbons (Fsp3) is 0.300. The number of furan rings is 1. The minimum absolute atomic E-state index is 0.0196. The van der Waals surface area contributed by atoms with E-state index in [4.69, 9.17) is 4.42 Å². The third-order valence-corrected chi connectivity index (χ3v) is 6.81. The van der Waals surface area contributed by atoms with Crippen LogP contribution in [0.1, 0.15) is 40.9 Å². The van der Waals surface area contributed by atoms with E-state index < -0.39 is 0 Å². The van der Waals surface area contributed by atoms with E-state index in [-0.39, 0.29) is 18.0 Å². The molecule has 0 N–H and O–H groups in total. The maximum absolute atomic E-state index is 13.1. The van der Waals surface area contributed by atoms with Gasteiger partial charge in [0.05, 0.1) is 23.4 Å². The van der Waals surface area contributed by atoms with Gasteiger partial charge in [-0.25, -0.2) is 5.01 Å². The number of carbonyl (C=O) groups excluding carboxylic acids is 1. The van der Waals surface area contributed by atoms with Gasteiger partial charge in [0, 0.05) is 17.3 Å². The molecule has 7 heteroatoms. The molecule has 2 atom stereocenters. The number of amides is 1. The fourth-order valence-corrected chi connectivity index (χ4v) is 4.77. The van der Waals surface area contributed by atoms with Gasteiger partial charge >= 0.3 is 0 Å². The summed E-state index contributed by atoms with van der Waals surface area (Å²) in [5.74, 6) is 0.751. The van der Waals surface area contributed by atoms with Crippen LogP contribution in [-0.2, 0) is 4.79 Å². The highest BCUT2D eigenvalue weighted by molar-refractivity contribution is 7.12. The van der Waals surface area contributed by atoms with Crippen molar-refractivity contribution in [2.75, 3.05) is 13.6 Å². The summed E-state index contributed by atoms with van der Waals surface area (Å²) in [7, 11) is 1.98. The molecule has 27 heavy (non-hydrogen) atoms. The van der Waals surface area contributed by atoms with Gasteiger partial charge in [0.15, 0.2) is 0 Å². The van der Waals surface area contributed by atoms with Crippen molar-refractivity contribution in [2.24, 2.45) is 5.10 Å². The number of thiophene rings is 2. The molecular formula is C20H21N3O2S2. The van der Waals surface area contributed by atoms with Gasteiger partial charge in [-0.15, -0.1) is 22.7 Å². The van der Waals surface area contributed by atoms with Crippen LogP contribution in [0.3, 0.4) is 0 Å². The number of rotatable bonds is 6. The number of hydrazone groups is 1. The van der Waals surface area contributed by atoms with E-state index in [1.807, 2.05) is 42.8 Å². The average molecular weight is 400 g/mol. The van der Waals surface area contributed by atoms with Crippen LogP contribution in [0.4, 0.5) is 0 Å². The third kappa shape index (κ3) is 3.76. The Hall–Kier alpha value is -2.22. The molecule has 4 rings (SSSR count). The zero-order valence-corrected chi connectivity index (χ0v) is 16.9. The molecule has 2 unspecified atom stereocenters. The van der Waals surface area contributed by atoms with E-state index in [0.717, 1.165) is 16.3 Å². The quantitative estimate of drug-likeness (QED) is 0.600. The second-order valence-electron chi connectivity index (χ2n) is 6.60. The Bertz CT molecular complexity index is 901. The molecule has 0 bridgehead atoms. The summed E-state index contributed by atoms with van der Waals surface area (Å²) in [6, 6.07) is 12.0. The van der Waals surface area contributed by atoms with Crippen LogP contribution >= 0.6 is 22.7 Å². The minimum atomic E-state index is -0.185. The Balaban J connectivity index is 1.53. The Morgan fingerprint density at radius 3 is 2.78 bits per heavy atom. The summed E-state index contributed by atoms with van der Waals surface area (Å²) in [6.07, 6.45) is 2.32. The standard InChI is InChI=1S/C20H21N3O2S2/c1-14(18-7-4-10-26-18)22(2)13-20(24)23-16(17-6-3-9-25-17)12-15(21-23)19-8-5-11-27-19/h3-11,14,16H,12-13H2,1-2H3. The lowest BCUT2D eigenvalue weighted by Gasteiger charge is -2.26. The lowest BCUT2D eigenvalue weighted by Crippen LogP contribution is -2.37. The molecule has 0 saturated carbocycles. The summed E-state index contributed by atoms with van der Waals surface area (Å²) in [6.45, 7) is 2.42. The SMILES string of the molecule is CC(c1cccs1)N(C)CC(=O)N1N=C(c2cccs2)CC1c1ccco1. The van der Waals surface area contributed by atoms with Crippen molar-refractivity contribution >= 4 is 34.3 Å². The molecular weight excluding hydrogens is 378 g/mol. The molecule has 0 saturated heterocycles. The topological polar surface area (TPSA) is 49.1 Å². The van der Waals surface area contributed by atoms with Crippen molar-refractivity contribution in [3.05, 3.63) is 68.9 Å². The zero-order chi connectivity index (χ0) is 18.8. The second kappa shape index (κ2) is 7.80. The highest BCUT2D eigenvalue weighted by Gasteiger charge is 2.35. The Morgan fingerprint density at radius 2 is 2.11 bits per heavy atom. The van der Waals surface area contributed by atoms with Crippen LogP contribution in [0.15, 0.2) is 62.9 Å². The highest BCUT2D eigenvalue weighted by atomic mass is 32.1. The van der Waals surface area contributed by atoms with E-state index >= 15 is 0 Å². The molecule has 4 heterocycles. The molecule has 0 aliphatic carbocycles. The van der Waals surface area contributed by atoms with E-state index in [1.165, 1.54) is 4.88 Å². The largest absolute Gasteiger partial charge is 0.467 e. The van der Waals surface area contributed by atoms with Gasteiger partial charge in [0.25, 0.3) is 5.91 Å². The zero-order valence-electron chi connectivity index (χ0n) is 15.2. The molecule has 3 aromatic heterocycles. The second-order valence-corrected chi connectivity index (χ2v) is 8.53. The number of likely N-dealkylation sites (N-methyl/N-ethyl adjacent to an activating group) is 1. The maximum atomic E-state index is 13.1. The van der Waals surface area contributed by atoms with Crippen LogP contribution in [-0.4, -0.2) is 35.1 Å². The van der Waals surface area contributed by atoms with Gasteiger partial charge in [0.1, 0.15) is 11.8 Å². The number of carbonyl (C=O) groups is 1. The van der Waals surface area contributed by atoms with Gasteiger partial charge in [-0.3, -0.25) is 9.69 Å². The van der Waals surface area contributed by atoms with Crippen LogP contribution in [0, 0.1) is 0 Å². The van der Waals surface area contributed by atoms with Crippen molar-refractivity contribution in [2.45, 2.75) is 25.4 Å². The molecule has 1 aliphatic rings. The van der Waals surface area contributed by atoms with Crippen LogP contribution in [0.2, 0.25) is 0 Å². The van der Waals surface area contributed by atoms with E-state index in [2.05, 4.69) is 28.4 Å². The van der Waals surface area contributed by atoms with Crippen LogP contribution < -0.4 is 0 Å². The summed E-state index contributed by atoms with van der Waals surface area (Å²) in [5.41, 5.74) is 0.939. The van der Waals surface area contributed by atoms with Crippen molar-refractivity contribution in [1.29, 1.82) is 0 Å². The summed E-state index contributed by atoms with van der Waals surface area (Å²) in [4.78, 5) is 17.5. The molecule has 1 aliphatic heterocycles. The Morgan fingerprint density at radius 1 is 1.30 bits per heavy atom. The highest BCUT2D eigenvalue weighted by Crippen LogP contribution is 2.34. The van der Waals surface area contributed by atoms with Crippen LogP contribution in [0.25, 0.3) is 0 Å². The molecule has 1 amide bonds. The molecule has 140 valence electrons. The fourth-order valence-electron chi connectivity index (χ4n) is 3.20. The first-order chi connectivity index (χ1) is 13.1. The van der Waals surface area contributed by atoms with Crippen LogP contribution in [0.5, 0.6) is 0 Å². The molecule has 0 aromatic carbocycles. The average Bonchev–Trinajstić information content (AvgIpc) is 3.47. The Kier molecular flexibility index (Phi) is 5.24. The molecule has 5 nitrogen and oxygen atoms in total. The van der Waals surface area contributed by atoms with Crippen molar-refractivity contribution in [3.63, 3.8) is 0 Å². The third-order valence-electron chi connectivity index (χ3n) is 4.84. The summed E-state index contributed by atoms with van der Waals surface area (Å²) >= 11 is 3.35. The summed E-state index contributed by atoms with van der Waals surface area (Å²) in [5, 5.41) is 10.4. The van der Waals surface area contributed by atoms with Crippen molar-refractivity contribution in [3.8, 4) is 0 Å². The molecule has 0 fully saturated rings. The summed E-state index contributed by atoms with van der Waals surface area (Å²) < 4.78 is 5.60. The van der Waals surface area contributed by atoms with E-state index in [1.54, 1.807) is 33.9 Å². The lowest BCUT2D eigenvalue weighted by atomic mass is 10.1. The van der Waals surface area contributed by atoms with Crippen molar-refractivity contribution < 1.29 is 9.21 Å². The molecule has 0 radical (unpaired) electrons. The monoisotopic (exact) mass is 399 g/mol. The molecule has 0 spiro atoms. The van der Waals surface area contributed by atoms with E-state index in [0.29, 0.717) is 13.0 Å². The van der Waals surface area contributed by atoms with Gasteiger partial charge in [-0.2, -0.15) is 5.10 Å². The van der Waals surface area contributed by atoms with Gasteiger partial charge in [-0.05, 0) is 49.0 Å². The van der Waals surface area contributed by atoms with Gasteiger partial charge < -0.3 is 4.42 Å². The minimum Gasteiger partial charge on any atom is -0.467 e.